The highest BCUT2D eigenvalue weighted by atomic mass is 32.2. The first kappa shape index (κ1) is 24.7. The Labute approximate surface area is 207 Å². The minimum Gasteiger partial charge on any atom is -0.353 e. The molecule has 1 N–H and O–H groups in total. The van der Waals surface area contributed by atoms with Gasteiger partial charge in [0.25, 0.3) is 15.9 Å². The van der Waals surface area contributed by atoms with Crippen LogP contribution in [0.4, 0.5) is 11.5 Å². The van der Waals surface area contributed by atoms with E-state index in [4.69, 9.17) is 4.98 Å². The predicted octanol–water partition coefficient (Wildman–Crippen LogP) is 3.98. The van der Waals surface area contributed by atoms with E-state index in [1.54, 1.807) is 29.2 Å². The lowest BCUT2D eigenvalue weighted by atomic mass is 10.1. The van der Waals surface area contributed by atoms with Gasteiger partial charge in [-0.2, -0.15) is 0 Å². The minimum atomic E-state index is -3.75. The lowest BCUT2D eigenvalue weighted by Crippen LogP contribution is -2.49. The molecule has 35 heavy (non-hydrogen) atoms. The molecule has 0 spiro atoms. The largest absolute Gasteiger partial charge is 0.353 e. The molecule has 0 aliphatic carbocycles. The van der Waals surface area contributed by atoms with E-state index in [-0.39, 0.29) is 16.7 Å². The monoisotopic (exact) mass is 493 g/mol. The lowest BCUT2D eigenvalue weighted by molar-refractivity contribution is 0.0746. The Morgan fingerprint density at radius 1 is 0.943 bits per heavy atom. The maximum Gasteiger partial charge on any atom is 0.261 e. The van der Waals surface area contributed by atoms with Gasteiger partial charge in [0.2, 0.25) is 0 Å². The Kier molecular flexibility index (Phi) is 7.07. The third-order valence-electron chi connectivity index (χ3n) is 6.07. The minimum absolute atomic E-state index is 0.109. The van der Waals surface area contributed by atoms with Crippen LogP contribution in [-0.2, 0) is 10.0 Å². The topological polar surface area (TPSA) is 95.5 Å². The van der Waals surface area contributed by atoms with Gasteiger partial charge in [-0.15, -0.1) is 0 Å². The third-order valence-corrected chi connectivity index (χ3v) is 7.45. The molecule has 2 heterocycles. The van der Waals surface area contributed by atoms with Gasteiger partial charge < -0.3 is 9.80 Å². The van der Waals surface area contributed by atoms with E-state index >= 15 is 0 Å². The lowest BCUT2D eigenvalue weighted by Gasteiger charge is -2.35. The fourth-order valence-electron chi connectivity index (χ4n) is 3.98. The third kappa shape index (κ3) is 5.62. The Bertz CT molecular complexity index is 1320. The first-order chi connectivity index (χ1) is 16.6. The van der Waals surface area contributed by atoms with Gasteiger partial charge in [0.05, 0.1) is 10.6 Å². The first-order valence-electron chi connectivity index (χ1n) is 11.7. The van der Waals surface area contributed by atoms with Gasteiger partial charge in [-0.25, -0.2) is 18.4 Å². The summed E-state index contributed by atoms with van der Waals surface area (Å²) in [5, 5.41) is 0. The van der Waals surface area contributed by atoms with Crippen molar-refractivity contribution in [1.82, 2.24) is 14.9 Å². The molecule has 1 aliphatic rings. The number of aryl methyl sites for hydroxylation is 2. The molecular formula is C26H31N5O3S. The zero-order valence-corrected chi connectivity index (χ0v) is 21.3. The Morgan fingerprint density at radius 3 is 2.23 bits per heavy atom. The van der Waals surface area contributed by atoms with Gasteiger partial charge in [-0.1, -0.05) is 32.0 Å². The average molecular weight is 494 g/mol. The highest BCUT2D eigenvalue weighted by Gasteiger charge is 2.24. The number of sulfonamides is 1. The number of amides is 1. The number of para-hydroxylation sites is 1. The van der Waals surface area contributed by atoms with E-state index in [0.29, 0.717) is 37.4 Å². The number of carbonyl (C=O) groups is 1. The van der Waals surface area contributed by atoms with Crippen molar-refractivity contribution in [1.29, 1.82) is 0 Å². The number of piperazine rings is 1. The van der Waals surface area contributed by atoms with Crippen LogP contribution in [0.3, 0.4) is 0 Å². The van der Waals surface area contributed by atoms with Crippen molar-refractivity contribution in [3.05, 3.63) is 77.2 Å². The fourth-order valence-corrected chi connectivity index (χ4v) is 5.11. The van der Waals surface area contributed by atoms with Gasteiger partial charge >= 0.3 is 0 Å². The van der Waals surface area contributed by atoms with Crippen LogP contribution in [0.2, 0.25) is 0 Å². The van der Waals surface area contributed by atoms with Crippen LogP contribution in [0.5, 0.6) is 0 Å². The summed E-state index contributed by atoms with van der Waals surface area (Å²) in [7, 11) is -3.75. The standard InChI is InChI=1S/C26H31N5O3S/c1-18(2)25-27-20(4)17-24(28-25)30-13-15-31(16-14-30)26(32)21-9-11-22(12-10-21)35(33,34)29-23-8-6-5-7-19(23)3/h5-12,17-18,29H,13-16H2,1-4H3. The molecular weight excluding hydrogens is 462 g/mol. The normalized spacial score (nSPS) is 14.3. The maximum absolute atomic E-state index is 13.1. The molecule has 0 bridgehead atoms. The number of nitrogens with zero attached hydrogens (tertiary/aromatic N) is 4. The quantitative estimate of drug-likeness (QED) is 0.558. The van der Waals surface area contributed by atoms with Crippen LogP contribution < -0.4 is 9.62 Å². The number of anilines is 2. The first-order valence-corrected chi connectivity index (χ1v) is 13.2. The molecule has 9 heteroatoms. The molecule has 4 rings (SSSR count). The summed E-state index contributed by atoms with van der Waals surface area (Å²) in [5.74, 6) is 1.85. The van der Waals surface area contributed by atoms with E-state index in [1.807, 2.05) is 32.0 Å². The van der Waals surface area contributed by atoms with Gasteiger partial charge in [-0.05, 0) is 49.7 Å². The van der Waals surface area contributed by atoms with E-state index in [0.717, 1.165) is 22.9 Å². The predicted molar refractivity (Wildman–Crippen MR) is 137 cm³/mol. The van der Waals surface area contributed by atoms with Gasteiger partial charge in [0.1, 0.15) is 11.6 Å². The van der Waals surface area contributed by atoms with Crippen molar-refractivity contribution in [3.8, 4) is 0 Å². The number of hydrogen-bond acceptors (Lipinski definition) is 6. The summed E-state index contributed by atoms with van der Waals surface area (Å²) in [5.41, 5.74) is 2.77. The van der Waals surface area contributed by atoms with Crippen molar-refractivity contribution in [2.75, 3.05) is 35.8 Å². The summed E-state index contributed by atoms with van der Waals surface area (Å²) in [6.07, 6.45) is 0. The van der Waals surface area contributed by atoms with Crippen LogP contribution >= 0.6 is 0 Å². The molecule has 0 unspecified atom stereocenters. The summed E-state index contributed by atoms with van der Waals surface area (Å²) >= 11 is 0. The molecule has 0 radical (unpaired) electrons. The summed E-state index contributed by atoms with van der Waals surface area (Å²) in [6, 6.07) is 15.3. The van der Waals surface area contributed by atoms with Gasteiger partial charge in [0.15, 0.2) is 0 Å². The molecule has 1 aliphatic heterocycles. The van der Waals surface area contributed by atoms with Crippen LogP contribution in [-0.4, -0.2) is 55.4 Å². The number of rotatable bonds is 6. The summed E-state index contributed by atoms with van der Waals surface area (Å²) < 4.78 is 28.2. The molecule has 0 saturated carbocycles. The highest BCUT2D eigenvalue weighted by molar-refractivity contribution is 7.92. The fraction of sp³-hybridized carbons (Fsp3) is 0.346. The van der Waals surface area contributed by atoms with Crippen LogP contribution in [0.15, 0.2) is 59.5 Å². The van der Waals surface area contributed by atoms with Crippen LogP contribution in [0.1, 0.15) is 47.2 Å². The molecule has 3 aromatic rings. The highest BCUT2D eigenvalue weighted by Crippen LogP contribution is 2.22. The molecule has 8 nitrogen and oxygen atoms in total. The van der Waals surface area contributed by atoms with Gasteiger partial charge in [-0.3, -0.25) is 9.52 Å². The number of carbonyl (C=O) groups excluding carboxylic acids is 1. The van der Waals surface area contributed by atoms with Crippen LogP contribution in [0.25, 0.3) is 0 Å². The zero-order valence-electron chi connectivity index (χ0n) is 20.5. The smallest absolute Gasteiger partial charge is 0.261 e. The SMILES string of the molecule is Cc1cc(N2CCN(C(=O)c3ccc(S(=O)(=O)Nc4ccccc4C)cc3)CC2)nc(C(C)C)n1. The Balaban J connectivity index is 1.41. The molecule has 1 fully saturated rings. The second kappa shape index (κ2) is 10.0. The maximum atomic E-state index is 13.1. The Hall–Kier alpha value is -3.46. The second-order valence-electron chi connectivity index (χ2n) is 9.10. The summed E-state index contributed by atoms with van der Waals surface area (Å²) in [4.78, 5) is 26.4. The van der Waals surface area contributed by atoms with Crippen LogP contribution in [0, 0.1) is 13.8 Å². The average Bonchev–Trinajstić information content (AvgIpc) is 2.84. The van der Waals surface area contributed by atoms with Crippen molar-refractivity contribution < 1.29 is 13.2 Å². The van der Waals surface area contributed by atoms with E-state index in [9.17, 15) is 13.2 Å². The van der Waals surface area contributed by atoms with E-state index < -0.39 is 10.0 Å². The molecule has 0 atom stereocenters. The van der Waals surface area contributed by atoms with Gasteiger partial charge in [0, 0.05) is 49.4 Å². The molecule has 184 valence electrons. The van der Waals surface area contributed by atoms with E-state index in [1.165, 1.54) is 12.1 Å². The van der Waals surface area contributed by atoms with Crippen molar-refractivity contribution in [2.45, 2.75) is 38.5 Å². The Morgan fingerprint density at radius 2 is 1.60 bits per heavy atom. The number of benzene rings is 2. The number of nitrogens with one attached hydrogen (secondary N) is 1. The van der Waals surface area contributed by atoms with Crippen molar-refractivity contribution >= 4 is 27.4 Å². The van der Waals surface area contributed by atoms with Crippen molar-refractivity contribution in [2.24, 2.45) is 0 Å². The summed E-state index contributed by atoms with van der Waals surface area (Å²) in [6.45, 7) is 10.4. The molecule has 1 saturated heterocycles. The second-order valence-corrected chi connectivity index (χ2v) is 10.8. The molecule has 1 amide bonds. The number of aromatic nitrogens is 2. The molecule has 2 aromatic carbocycles. The molecule has 1 aromatic heterocycles. The number of hydrogen-bond donors (Lipinski definition) is 1. The van der Waals surface area contributed by atoms with Crippen molar-refractivity contribution in [3.63, 3.8) is 0 Å². The van der Waals surface area contributed by atoms with E-state index in [2.05, 4.69) is 28.5 Å². The zero-order chi connectivity index (χ0) is 25.2.